The molecule has 0 saturated carbocycles. The van der Waals surface area contributed by atoms with Crippen molar-refractivity contribution in [1.29, 1.82) is 0 Å². The summed E-state index contributed by atoms with van der Waals surface area (Å²) in [7, 11) is 0. The van der Waals surface area contributed by atoms with Crippen LogP contribution < -0.4 is 15.4 Å². The Labute approximate surface area is 199 Å². The third kappa shape index (κ3) is 6.69. The number of nitrogens with zero attached hydrogens (tertiary/aromatic N) is 2. The summed E-state index contributed by atoms with van der Waals surface area (Å²) >= 11 is 13.0. The lowest BCUT2D eigenvalue weighted by atomic mass is 10.1. The number of carbonyl (C=O) groups excluding carboxylic acids is 1. The first-order valence-electron chi connectivity index (χ1n) is 9.98. The molecule has 1 aliphatic rings. The Hall–Kier alpha value is -2.11. The van der Waals surface area contributed by atoms with E-state index in [1.54, 1.807) is 18.2 Å². The molecule has 0 bridgehead atoms. The highest BCUT2D eigenvalue weighted by molar-refractivity contribution is 7.11. The van der Waals surface area contributed by atoms with E-state index in [-0.39, 0.29) is 29.0 Å². The Balaban J connectivity index is 1.55. The molecule has 1 aliphatic heterocycles. The number of nitrogens with one attached hydrogen (secondary N) is 2. The Morgan fingerprint density at radius 2 is 2.09 bits per heavy atom. The summed E-state index contributed by atoms with van der Waals surface area (Å²) < 4.78 is 14.9. The van der Waals surface area contributed by atoms with Crippen molar-refractivity contribution in [2.75, 3.05) is 44.7 Å². The largest absolute Gasteiger partial charge is 0.477 e. The van der Waals surface area contributed by atoms with E-state index >= 15 is 0 Å². The van der Waals surface area contributed by atoms with Crippen molar-refractivity contribution in [1.82, 2.24) is 14.6 Å². The molecule has 1 fully saturated rings. The zero-order valence-corrected chi connectivity index (χ0v) is 19.7. The van der Waals surface area contributed by atoms with Crippen LogP contribution in [0.4, 0.5) is 9.80 Å². The van der Waals surface area contributed by atoms with Crippen LogP contribution in [0.5, 0.6) is 5.88 Å². The smallest absolute Gasteiger partial charge is 0.344 e. The molecule has 9 nitrogen and oxygen atoms in total. The molecule has 1 unspecified atom stereocenters. The highest BCUT2D eigenvalue weighted by Gasteiger charge is 2.24. The molecule has 0 spiro atoms. The van der Waals surface area contributed by atoms with Crippen LogP contribution >= 0.6 is 34.7 Å². The van der Waals surface area contributed by atoms with Crippen LogP contribution in [0.15, 0.2) is 18.2 Å². The van der Waals surface area contributed by atoms with Crippen LogP contribution in [0.3, 0.4) is 0 Å². The lowest BCUT2D eigenvalue weighted by molar-refractivity contribution is 0.0320. The van der Waals surface area contributed by atoms with Gasteiger partial charge >= 0.3 is 12.0 Å². The van der Waals surface area contributed by atoms with Crippen LogP contribution in [0.25, 0.3) is 0 Å². The van der Waals surface area contributed by atoms with E-state index in [1.807, 2.05) is 6.92 Å². The number of rotatable bonds is 9. The number of amides is 2. The number of carbonyl (C=O) groups is 2. The molecule has 1 saturated heterocycles. The average molecular weight is 503 g/mol. The zero-order valence-electron chi connectivity index (χ0n) is 17.4. The minimum absolute atomic E-state index is 0.0197. The van der Waals surface area contributed by atoms with Crippen LogP contribution in [-0.4, -0.2) is 65.8 Å². The Bertz CT molecular complexity index is 952. The summed E-state index contributed by atoms with van der Waals surface area (Å²) in [5.74, 6) is -1.14. The maximum Gasteiger partial charge on any atom is 0.344 e. The summed E-state index contributed by atoms with van der Waals surface area (Å²) in [5.41, 5.74) is 0.370. The molecular formula is C20H24Cl2N4O5S. The number of morpholine rings is 1. The van der Waals surface area contributed by atoms with Crippen molar-refractivity contribution >= 4 is 51.7 Å². The highest BCUT2D eigenvalue weighted by atomic mass is 35.5. The van der Waals surface area contributed by atoms with Crippen molar-refractivity contribution in [3.05, 3.63) is 39.4 Å². The third-order valence-corrected chi connectivity index (χ3v) is 6.39. The summed E-state index contributed by atoms with van der Waals surface area (Å²) in [5, 5.41) is 15.7. The van der Waals surface area contributed by atoms with Gasteiger partial charge in [0, 0.05) is 31.7 Å². The number of halogens is 2. The second-order valence-corrected chi connectivity index (χ2v) is 8.91. The summed E-state index contributed by atoms with van der Waals surface area (Å²) in [6, 6.07) is 4.56. The van der Waals surface area contributed by atoms with E-state index in [0.717, 1.165) is 44.4 Å². The standard InChI is InChI=1S/C20H24Cl2N4O5S/c1-12(10-26-5-7-30-8-6-26)9-23-20(29)24-18-15(19(27)28)17(25-32-18)31-11-13-3-2-4-14(21)16(13)22/h2-4,12H,5-11H2,1H3,(H,27,28)(H2,23,24,29). The molecule has 12 heteroatoms. The fourth-order valence-corrected chi connectivity index (χ4v) is 4.25. The van der Waals surface area contributed by atoms with Gasteiger partial charge in [-0.1, -0.05) is 42.3 Å². The average Bonchev–Trinajstić information content (AvgIpc) is 3.16. The van der Waals surface area contributed by atoms with Crippen LogP contribution in [0.1, 0.15) is 22.8 Å². The molecule has 3 N–H and O–H groups in total. The van der Waals surface area contributed by atoms with Crippen LogP contribution in [0.2, 0.25) is 10.0 Å². The van der Waals surface area contributed by atoms with Crippen molar-refractivity contribution in [3.8, 4) is 5.88 Å². The van der Waals surface area contributed by atoms with E-state index in [4.69, 9.17) is 32.7 Å². The SMILES string of the molecule is CC(CNC(=O)Nc1snc(OCc2cccc(Cl)c2Cl)c1C(=O)O)CN1CCOCC1. The first-order chi connectivity index (χ1) is 15.3. The van der Waals surface area contributed by atoms with Gasteiger partial charge in [-0.25, -0.2) is 9.59 Å². The minimum Gasteiger partial charge on any atom is -0.477 e. The lowest BCUT2D eigenvalue weighted by Gasteiger charge is -2.29. The number of aromatic carboxylic acids is 1. The molecular weight excluding hydrogens is 479 g/mol. The van der Waals surface area contributed by atoms with Crippen molar-refractivity contribution in [3.63, 3.8) is 0 Å². The van der Waals surface area contributed by atoms with E-state index in [0.29, 0.717) is 22.2 Å². The van der Waals surface area contributed by atoms with E-state index < -0.39 is 12.0 Å². The first kappa shape index (κ1) is 24.5. The van der Waals surface area contributed by atoms with Gasteiger partial charge in [0.15, 0.2) is 5.56 Å². The van der Waals surface area contributed by atoms with Crippen LogP contribution in [0, 0.1) is 5.92 Å². The summed E-state index contributed by atoms with van der Waals surface area (Å²) in [4.78, 5) is 26.4. The number of anilines is 1. The van der Waals surface area contributed by atoms with Gasteiger partial charge in [-0.05, 0) is 23.5 Å². The molecule has 3 rings (SSSR count). The predicted octanol–water partition coefficient (Wildman–Crippen LogP) is 3.82. The molecule has 174 valence electrons. The summed E-state index contributed by atoms with van der Waals surface area (Å²) in [6.07, 6.45) is 0. The van der Waals surface area contributed by atoms with Gasteiger partial charge in [0.05, 0.1) is 23.3 Å². The molecule has 1 aromatic heterocycles. The minimum atomic E-state index is -1.26. The third-order valence-electron chi connectivity index (χ3n) is 4.78. The highest BCUT2D eigenvalue weighted by Crippen LogP contribution is 2.32. The number of carboxylic acid groups (broad SMARTS) is 1. The predicted molar refractivity (Wildman–Crippen MR) is 123 cm³/mol. The number of urea groups is 1. The second kappa shape index (κ2) is 11.7. The Morgan fingerprint density at radius 3 is 2.81 bits per heavy atom. The monoisotopic (exact) mass is 502 g/mol. The number of hydrogen-bond acceptors (Lipinski definition) is 7. The first-order valence-corrected chi connectivity index (χ1v) is 11.5. The van der Waals surface area contributed by atoms with Crippen molar-refractivity contribution < 1.29 is 24.2 Å². The molecule has 1 aromatic carbocycles. The Kier molecular flexibility index (Phi) is 8.94. The normalized spacial score (nSPS) is 15.2. The number of benzene rings is 1. The van der Waals surface area contributed by atoms with Gasteiger partial charge in [0.2, 0.25) is 5.88 Å². The fourth-order valence-electron chi connectivity index (χ4n) is 3.16. The molecule has 1 atom stereocenters. The molecule has 32 heavy (non-hydrogen) atoms. The van der Waals surface area contributed by atoms with Crippen molar-refractivity contribution in [2.24, 2.45) is 5.92 Å². The van der Waals surface area contributed by atoms with Crippen molar-refractivity contribution in [2.45, 2.75) is 13.5 Å². The number of ether oxygens (including phenoxy) is 2. The topological polar surface area (TPSA) is 113 Å². The molecule has 0 aliphatic carbocycles. The fraction of sp³-hybridized carbons (Fsp3) is 0.450. The molecule has 2 aromatic rings. The quantitative estimate of drug-likeness (QED) is 0.477. The van der Waals surface area contributed by atoms with Gasteiger partial charge < -0.3 is 19.9 Å². The van der Waals surface area contributed by atoms with E-state index in [1.165, 1.54) is 0 Å². The van der Waals surface area contributed by atoms with E-state index in [9.17, 15) is 14.7 Å². The molecule has 2 heterocycles. The van der Waals surface area contributed by atoms with Gasteiger partial charge in [0.25, 0.3) is 0 Å². The maximum absolute atomic E-state index is 12.3. The number of carboxylic acids is 1. The number of aromatic nitrogens is 1. The van der Waals surface area contributed by atoms with Gasteiger partial charge in [-0.15, -0.1) is 0 Å². The molecule has 0 radical (unpaired) electrons. The lowest BCUT2D eigenvalue weighted by Crippen LogP contribution is -2.42. The van der Waals surface area contributed by atoms with Gasteiger partial charge in [-0.2, -0.15) is 4.37 Å². The Morgan fingerprint density at radius 1 is 1.34 bits per heavy atom. The van der Waals surface area contributed by atoms with Gasteiger partial charge in [-0.3, -0.25) is 10.2 Å². The van der Waals surface area contributed by atoms with E-state index in [2.05, 4.69) is 19.9 Å². The summed E-state index contributed by atoms with van der Waals surface area (Å²) in [6.45, 7) is 6.50. The van der Waals surface area contributed by atoms with Crippen LogP contribution in [-0.2, 0) is 11.3 Å². The second-order valence-electron chi connectivity index (χ2n) is 7.35. The molecule has 2 amide bonds. The maximum atomic E-state index is 12.3. The van der Waals surface area contributed by atoms with Gasteiger partial charge in [0.1, 0.15) is 11.6 Å². The zero-order chi connectivity index (χ0) is 23.1. The number of hydrogen-bond donors (Lipinski definition) is 3.